The molecular weight excluding hydrogens is 276 g/mol. The van der Waals surface area contributed by atoms with Crippen LogP contribution in [0.15, 0.2) is 35.7 Å². The molecule has 0 radical (unpaired) electrons. The van der Waals surface area contributed by atoms with Crippen LogP contribution in [0.2, 0.25) is 0 Å². The van der Waals surface area contributed by atoms with Crippen molar-refractivity contribution in [1.82, 2.24) is 19.6 Å². The second-order valence-electron chi connectivity index (χ2n) is 4.02. The van der Waals surface area contributed by atoms with Crippen LogP contribution in [-0.2, 0) is 9.53 Å². The summed E-state index contributed by atoms with van der Waals surface area (Å²) in [5.74, 6) is -0.0601. The van der Waals surface area contributed by atoms with Gasteiger partial charge in [0.15, 0.2) is 5.65 Å². The van der Waals surface area contributed by atoms with Gasteiger partial charge in [0, 0.05) is 5.39 Å². The minimum atomic E-state index is -0.265. The maximum Gasteiger partial charge on any atom is 0.316 e. The van der Waals surface area contributed by atoms with E-state index in [0.29, 0.717) is 11.8 Å². The topological polar surface area (TPSA) is 69.4 Å². The summed E-state index contributed by atoms with van der Waals surface area (Å²) in [4.78, 5) is 20.1. The van der Waals surface area contributed by atoms with E-state index in [2.05, 4.69) is 15.1 Å². The zero-order valence-electron chi connectivity index (χ0n) is 10.8. The molecule has 3 aromatic rings. The number of thioether (sulfide) groups is 1. The van der Waals surface area contributed by atoms with Gasteiger partial charge in [-0.2, -0.15) is 0 Å². The Morgan fingerprint density at radius 3 is 3.10 bits per heavy atom. The van der Waals surface area contributed by atoms with Gasteiger partial charge in [-0.05, 0) is 19.1 Å². The predicted octanol–water partition coefficient (Wildman–Crippen LogP) is 1.93. The highest BCUT2D eigenvalue weighted by atomic mass is 32.2. The highest BCUT2D eigenvalue weighted by Crippen LogP contribution is 2.20. The van der Waals surface area contributed by atoms with Crippen molar-refractivity contribution in [1.29, 1.82) is 0 Å². The predicted molar refractivity (Wildman–Crippen MR) is 75.6 cm³/mol. The van der Waals surface area contributed by atoms with E-state index in [9.17, 15) is 4.79 Å². The summed E-state index contributed by atoms with van der Waals surface area (Å²) in [5, 5.41) is 5.77. The molecule has 0 saturated carbocycles. The molecule has 6 nitrogen and oxygen atoms in total. The molecule has 0 fully saturated rings. The first kappa shape index (κ1) is 12.9. The van der Waals surface area contributed by atoms with E-state index in [4.69, 9.17) is 4.74 Å². The second kappa shape index (κ2) is 5.46. The minimum absolute atomic E-state index is 0.204. The summed E-state index contributed by atoms with van der Waals surface area (Å²) < 4.78 is 6.49. The van der Waals surface area contributed by atoms with Gasteiger partial charge >= 0.3 is 5.97 Å². The van der Waals surface area contributed by atoms with Gasteiger partial charge in [-0.3, -0.25) is 4.79 Å². The van der Waals surface area contributed by atoms with E-state index < -0.39 is 0 Å². The Hall–Kier alpha value is -2.15. The average Bonchev–Trinajstić information content (AvgIpc) is 2.89. The minimum Gasteiger partial charge on any atom is -0.465 e. The second-order valence-corrected chi connectivity index (χ2v) is 4.96. The van der Waals surface area contributed by atoms with Crippen LogP contribution in [0.25, 0.3) is 16.6 Å². The van der Waals surface area contributed by atoms with Crippen molar-refractivity contribution in [2.45, 2.75) is 12.1 Å². The lowest BCUT2D eigenvalue weighted by Crippen LogP contribution is -2.06. The monoisotopic (exact) mass is 288 g/mol. The van der Waals surface area contributed by atoms with Crippen molar-refractivity contribution in [3.8, 4) is 0 Å². The molecule has 0 atom stereocenters. The fraction of sp³-hybridized carbons (Fsp3) is 0.231. The summed E-state index contributed by atoms with van der Waals surface area (Å²) in [7, 11) is 0. The number of benzene rings is 1. The van der Waals surface area contributed by atoms with Crippen LogP contribution in [-0.4, -0.2) is 37.9 Å². The molecule has 0 bridgehead atoms. The molecule has 0 aliphatic heterocycles. The summed E-state index contributed by atoms with van der Waals surface area (Å²) in [6, 6.07) is 7.74. The molecule has 0 N–H and O–H groups in total. The van der Waals surface area contributed by atoms with Crippen molar-refractivity contribution < 1.29 is 9.53 Å². The molecule has 0 spiro atoms. The number of hydrogen-bond donors (Lipinski definition) is 0. The maximum atomic E-state index is 11.3. The van der Waals surface area contributed by atoms with Crippen molar-refractivity contribution in [2.24, 2.45) is 0 Å². The molecular formula is C13H12N4O2S. The van der Waals surface area contributed by atoms with E-state index in [1.165, 1.54) is 11.8 Å². The van der Waals surface area contributed by atoms with E-state index in [1.54, 1.807) is 17.8 Å². The number of esters is 1. The Bertz CT molecular complexity index is 771. The number of hydrogen-bond acceptors (Lipinski definition) is 6. The molecule has 2 heterocycles. The third kappa shape index (κ3) is 2.44. The first-order valence-corrected chi connectivity index (χ1v) is 7.15. The number of para-hydroxylation sites is 1. The number of ether oxygens (including phenoxy) is 1. The third-order valence-corrected chi connectivity index (χ3v) is 3.50. The first-order chi connectivity index (χ1) is 9.78. The Morgan fingerprint density at radius 1 is 1.40 bits per heavy atom. The molecule has 0 amide bonds. The van der Waals surface area contributed by atoms with Gasteiger partial charge in [0.25, 0.3) is 0 Å². The van der Waals surface area contributed by atoms with Crippen molar-refractivity contribution in [3.05, 3.63) is 30.6 Å². The van der Waals surface area contributed by atoms with E-state index in [-0.39, 0.29) is 11.7 Å². The SMILES string of the molecule is CCOC(=O)CSc1nc2c3ccccc3ncn2n1. The Balaban J connectivity index is 1.90. The third-order valence-electron chi connectivity index (χ3n) is 2.69. The van der Waals surface area contributed by atoms with E-state index >= 15 is 0 Å². The molecule has 3 rings (SSSR count). The molecule has 102 valence electrons. The molecule has 7 heteroatoms. The molecule has 0 saturated heterocycles. The molecule has 20 heavy (non-hydrogen) atoms. The maximum absolute atomic E-state index is 11.3. The zero-order valence-corrected chi connectivity index (χ0v) is 11.6. The quantitative estimate of drug-likeness (QED) is 0.540. The Kier molecular flexibility index (Phi) is 3.51. The highest BCUT2D eigenvalue weighted by molar-refractivity contribution is 7.99. The van der Waals surface area contributed by atoms with Gasteiger partial charge in [-0.1, -0.05) is 23.9 Å². The van der Waals surface area contributed by atoms with Gasteiger partial charge in [0.2, 0.25) is 5.16 Å². The number of carbonyl (C=O) groups is 1. The van der Waals surface area contributed by atoms with Crippen LogP contribution < -0.4 is 0 Å². The molecule has 0 aliphatic rings. The molecule has 0 unspecified atom stereocenters. The fourth-order valence-corrected chi connectivity index (χ4v) is 2.47. The van der Waals surface area contributed by atoms with Gasteiger partial charge in [-0.25, -0.2) is 14.5 Å². The van der Waals surface area contributed by atoms with Crippen LogP contribution in [0.1, 0.15) is 6.92 Å². The number of carbonyl (C=O) groups excluding carboxylic acids is 1. The normalized spacial score (nSPS) is 11.1. The summed E-state index contributed by atoms with van der Waals surface area (Å²) in [6.45, 7) is 2.16. The van der Waals surface area contributed by atoms with Crippen LogP contribution in [0.5, 0.6) is 0 Å². The van der Waals surface area contributed by atoms with Crippen molar-refractivity contribution in [2.75, 3.05) is 12.4 Å². The lowest BCUT2D eigenvalue weighted by Gasteiger charge is -1.97. The van der Waals surface area contributed by atoms with E-state index in [1.807, 2.05) is 24.3 Å². The van der Waals surface area contributed by atoms with Crippen LogP contribution in [0.4, 0.5) is 0 Å². The van der Waals surface area contributed by atoms with Gasteiger partial charge in [0.05, 0.1) is 17.9 Å². The van der Waals surface area contributed by atoms with Crippen LogP contribution in [0.3, 0.4) is 0 Å². The van der Waals surface area contributed by atoms with Gasteiger partial charge in [0.1, 0.15) is 6.33 Å². The Morgan fingerprint density at radius 2 is 2.25 bits per heavy atom. The van der Waals surface area contributed by atoms with Crippen LogP contribution >= 0.6 is 11.8 Å². The molecule has 0 aliphatic carbocycles. The van der Waals surface area contributed by atoms with E-state index in [0.717, 1.165) is 16.6 Å². The highest BCUT2D eigenvalue weighted by Gasteiger charge is 2.10. The van der Waals surface area contributed by atoms with Crippen LogP contribution in [0, 0.1) is 0 Å². The largest absolute Gasteiger partial charge is 0.465 e. The van der Waals surface area contributed by atoms with Gasteiger partial charge < -0.3 is 4.74 Å². The molecule has 1 aromatic carbocycles. The smallest absolute Gasteiger partial charge is 0.316 e. The number of aromatic nitrogens is 4. The zero-order chi connectivity index (χ0) is 13.9. The summed E-state index contributed by atoms with van der Waals surface area (Å²) in [5.41, 5.74) is 1.61. The lowest BCUT2D eigenvalue weighted by molar-refractivity contribution is -0.139. The number of nitrogens with zero attached hydrogens (tertiary/aromatic N) is 4. The summed E-state index contributed by atoms with van der Waals surface area (Å²) >= 11 is 1.26. The van der Waals surface area contributed by atoms with Crippen molar-refractivity contribution in [3.63, 3.8) is 0 Å². The van der Waals surface area contributed by atoms with Gasteiger partial charge in [-0.15, -0.1) is 5.10 Å². The lowest BCUT2D eigenvalue weighted by atomic mass is 10.2. The average molecular weight is 288 g/mol. The fourth-order valence-electron chi connectivity index (χ4n) is 1.85. The van der Waals surface area contributed by atoms with Crippen molar-refractivity contribution >= 4 is 34.3 Å². The first-order valence-electron chi connectivity index (χ1n) is 6.16. The standard InChI is InChI=1S/C13H12N4O2S/c1-2-19-11(18)7-20-13-15-12-9-5-3-4-6-10(9)14-8-17(12)16-13/h3-6,8H,2,7H2,1H3. The number of fused-ring (bicyclic) bond motifs is 3. The molecule has 2 aromatic heterocycles. The summed E-state index contributed by atoms with van der Waals surface area (Å²) in [6.07, 6.45) is 1.62. The Labute approximate surface area is 119 Å². The number of rotatable bonds is 4.